The Kier molecular flexibility index (Phi) is 5.19. The van der Waals surface area contributed by atoms with Gasteiger partial charge in [-0.05, 0) is 17.7 Å². The van der Waals surface area contributed by atoms with Crippen LogP contribution in [0.2, 0.25) is 0 Å². The molecule has 0 fully saturated rings. The number of hydrogen-bond donors (Lipinski definition) is 2. The van der Waals surface area contributed by atoms with Crippen LogP contribution >= 0.6 is 0 Å². The van der Waals surface area contributed by atoms with Crippen LogP contribution in [-0.2, 0) is 13.0 Å². The van der Waals surface area contributed by atoms with Crippen molar-refractivity contribution in [3.63, 3.8) is 0 Å². The van der Waals surface area contributed by atoms with Gasteiger partial charge < -0.3 is 14.8 Å². The van der Waals surface area contributed by atoms with Gasteiger partial charge in [-0.15, -0.1) is 0 Å². The molecule has 0 aliphatic rings. The van der Waals surface area contributed by atoms with Crippen molar-refractivity contribution in [2.75, 3.05) is 6.61 Å². The standard InChI is InChI=1S/C17H17NO3/c1-2-16-15(9-11-21-16)17(20)18-12-14-7-4-3-6-13(14)8-5-10-19/h3-4,6-7,9,11,19H,2,10,12H2,1H3,(H,18,20). The van der Waals surface area contributed by atoms with E-state index in [-0.39, 0.29) is 12.5 Å². The van der Waals surface area contributed by atoms with Crippen LogP contribution in [0.25, 0.3) is 0 Å². The molecule has 1 aromatic carbocycles. The van der Waals surface area contributed by atoms with E-state index >= 15 is 0 Å². The van der Waals surface area contributed by atoms with Gasteiger partial charge in [-0.25, -0.2) is 0 Å². The van der Waals surface area contributed by atoms with E-state index in [4.69, 9.17) is 9.52 Å². The average Bonchev–Trinajstić information content (AvgIpc) is 3.00. The first-order chi connectivity index (χ1) is 10.3. The van der Waals surface area contributed by atoms with Crippen molar-refractivity contribution >= 4 is 5.91 Å². The quantitative estimate of drug-likeness (QED) is 0.845. The van der Waals surface area contributed by atoms with Crippen LogP contribution < -0.4 is 5.32 Å². The van der Waals surface area contributed by atoms with Gasteiger partial charge in [0.25, 0.3) is 5.91 Å². The molecule has 2 N–H and O–H groups in total. The number of aryl methyl sites for hydroxylation is 1. The molecular weight excluding hydrogens is 266 g/mol. The molecule has 4 heteroatoms. The summed E-state index contributed by atoms with van der Waals surface area (Å²) in [7, 11) is 0. The summed E-state index contributed by atoms with van der Waals surface area (Å²) >= 11 is 0. The maximum absolute atomic E-state index is 12.1. The Balaban J connectivity index is 2.08. The molecule has 0 aliphatic carbocycles. The Hall–Kier alpha value is -2.51. The normalized spacial score (nSPS) is 9.81. The predicted octanol–water partition coefficient (Wildman–Crippen LogP) is 2.12. The molecule has 1 heterocycles. The third-order valence-corrected chi connectivity index (χ3v) is 3.07. The summed E-state index contributed by atoms with van der Waals surface area (Å²) in [4.78, 5) is 12.1. The second-order valence-electron chi connectivity index (χ2n) is 4.41. The summed E-state index contributed by atoms with van der Waals surface area (Å²) in [5.74, 6) is 6.01. The number of carbonyl (C=O) groups is 1. The lowest BCUT2D eigenvalue weighted by atomic mass is 10.1. The van der Waals surface area contributed by atoms with Gasteiger partial charge in [0.1, 0.15) is 12.4 Å². The van der Waals surface area contributed by atoms with Gasteiger partial charge in [-0.1, -0.05) is 37.0 Å². The van der Waals surface area contributed by atoms with E-state index in [1.54, 1.807) is 6.07 Å². The minimum atomic E-state index is -0.185. The lowest BCUT2D eigenvalue weighted by Crippen LogP contribution is -2.23. The summed E-state index contributed by atoms with van der Waals surface area (Å²) in [6, 6.07) is 9.20. The molecule has 0 saturated heterocycles. The summed E-state index contributed by atoms with van der Waals surface area (Å²) < 4.78 is 5.25. The molecule has 1 aromatic heterocycles. The van der Waals surface area contributed by atoms with E-state index < -0.39 is 0 Å². The lowest BCUT2D eigenvalue weighted by Gasteiger charge is -2.07. The van der Waals surface area contributed by atoms with Crippen molar-refractivity contribution in [2.45, 2.75) is 19.9 Å². The second kappa shape index (κ2) is 7.32. The monoisotopic (exact) mass is 283 g/mol. The van der Waals surface area contributed by atoms with Crippen molar-refractivity contribution in [1.29, 1.82) is 0 Å². The molecule has 0 atom stereocenters. The highest BCUT2D eigenvalue weighted by molar-refractivity contribution is 5.95. The zero-order chi connectivity index (χ0) is 15.1. The summed E-state index contributed by atoms with van der Waals surface area (Å²) in [5.41, 5.74) is 2.28. The van der Waals surface area contributed by atoms with E-state index in [0.717, 1.165) is 11.1 Å². The third-order valence-electron chi connectivity index (χ3n) is 3.07. The fourth-order valence-electron chi connectivity index (χ4n) is 2.02. The Bertz CT molecular complexity index is 677. The maximum atomic E-state index is 12.1. The number of aliphatic hydroxyl groups excluding tert-OH is 1. The molecule has 0 bridgehead atoms. The molecule has 0 radical (unpaired) electrons. The van der Waals surface area contributed by atoms with E-state index in [9.17, 15) is 4.79 Å². The third kappa shape index (κ3) is 3.74. The number of amides is 1. The smallest absolute Gasteiger partial charge is 0.255 e. The Morgan fingerprint density at radius 3 is 2.90 bits per heavy atom. The number of furan rings is 1. The first-order valence-corrected chi connectivity index (χ1v) is 6.78. The summed E-state index contributed by atoms with van der Waals surface area (Å²) in [6.07, 6.45) is 2.20. The van der Waals surface area contributed by atoms with Crippen LogP contribution in [0.3, 0.4) is 0 Å². The van der Waals surface area contributed by atoms with E-state index in [1.807, 2.05) is 31.2 Å². The molecule has 0 aliphatic heterocycles. The Morgan fingerprint density at radius 1 is 1.33 bits per heavy atom. The van der Waals surface area contributed by atoms with Gasteiger partial charge in [0.05, 0.1) is 11.8 Å². The van der Waals surface area contributed by atoms with Gasteiger partial charge in [-0.2, -0.15) is 0 Å². The number of carbonyl (C=O) groups excluding carboxylic acids is 1. The van der Waals surface area contributed by atoms with Crippen molar-refractivity contribution < 1.29 is 14.3 Å². The van der Waals surface area contributed by atoms with Crippen LogP contribution in [0, 0.1) is 11.8 Å². The molecule has 21 heavy (non-hydrogen) atoms. The minimum absolute atomic E-state index is 0.162. The molecule has 4 nitrogen and oxygen atoms in total. The zero-order valence-electron chi connectivity index (χ0n) is 11.8. The SMILES string of the molecule is CCc1occc1C(=O)NCc1ccccc1C#CCO. The van der Waals surface area contributed by atoms with Crippen molar-refractivity contribution in [1.82, 2.24) is 5.32 Å². The first kappa shape index (κ1) is 14.9. The summed E-state index contributed by atoms with van der Waals surface area (Å²) in [5, 5.41) is 11.6. The van der Waals surface area contributed by atoms with Crippen LogP contribution in [0.5, 0.6) is 0 Å². The molecular formula is C17H17NO3. The molecule has 108 valence electrons. The van der Waals surface area contributed by atoms with Crippen molar-refractivity contribution in [3.8, 4) is 11.8 Å². The number of nitrogens with one attached hydrogen (secondary N) is 1. The molecule has 1 amide bonds. The first-order valence-electron chi connectivity index (χ1n) is 6.78. The highest BCUT2D eigenvalue weighted by Crippen LogP contribution is 2.12. The van der Waals surface area contributed by atoms with E-state index in [1.165, 1.54) is 6.26 Å². The topological polar surface area (TPSA) is 62.5 Å². The van der Waals surface area contributed by atoms with Crippen LogP contribution in [0.1, 0.15) is 34.2 Å². The summed E-state index contributed by atoms with van der Waals surface area (Å²) in [6.45, 7) is 2.13. The Morgan fingerprint density at radius 2 is 2.14 bits per heavy atom. The molecule has 2 aromatic rings. The van der Waals surface area contributed by atoms with Crippen LogP contribution in [0.15, 0.2) is 41.0 Å². The number of benzene rings is 1. The van der Waals surface area contributed by atoms with Gasteiger partial charge in [-0.3, -0.25) is 4.79 Å². The predicted molar refractivity (Wildman–Crippen MR) is 79.7 cm³/mol. The average molecular weight is 283 g/mol. The van der Waals surface area contributed by atoms with Crippen molar-refractivity contribution in [2.24, 2.45) is 0 Å². The van der Waals surface area contributed by atoms with Gasteiger partial charge in [0, 0.05) is 18.5 Å². The minimum Gasteiger partial charge on any atom is -0.469 e. The van der Waals surface area contributed by atoms with E-state index in [0.29, 0.717) is 24.3 Å². The van der Waals surface area contributed by atoms with Gasteiger partial charge in [0.15, 0.2) is 0 Å². The highest BCUT2D eigenvalue weighted by atomic mass is 16.3. The largest absolute Gasteiger partial charge is 0.469 e. The molecule has 0 saturated carbocycles. The van der Waals surface area contributed by atoms with Crippen LogP contribution in [-0.4, -0.2) is 17.6 Å². The molecule has 0 unspecified atom stereocenters. The maximum Gasteiger partial charge on any atom is 0.255 e. The molecule has 2 rings (SSSR count). The highest BCUT2D eigenvalue weighted by Gasteiger charge is 2.13. The van der Waals surface area contributed by atoms with Gasteiger partial charge >= 0.3 is 0 Å². The number of aliphatic hydroxyl groups is 1. The van der Waals surface area contributed by atoms with Crippen LogP contribution in [0.4, 0.5) is 0 Å². The lowest BCUT2D eigenvalue weighted by molar-refractivity contribution is 0.0949. The molecule has 0 spiro atoms. The zero-order valence-corrected chi connectivity index (χ0v) is 11.8. The van der Waals surface area contributed by atoms with Crippen molar-refractivity contribution in [3.05, 3.63) is 59.0 Å². The second-order valence-corrected chi connectivity index (χ2v) is 4.41. The Labute approximate surface area is 123 Å². The van der Waals surface area contributed by atoms with Gasteiger partial charge in [0.2, 0.25) is 0 Å². The fraction of sp³-hybridized carbons (Fsp3) is 0.235. The number of hydrogen-bond acceptors (Lipinski definition) is 3. The fourth-order valence-corrected chi connectivity index (χ4v) is 2.02. The number of rotatable bonds is 4. The van der Waals surface area contributed by atoms with E-state index in [2.05, 4.69) is 17.2 Å².